The molecule has 1 heterocycles. The Morgan fingerprint density at radius 3 is 2.30 bits per heavy atom. The van der Waals surface area contributed by atoms with Gasteiger partial charge in [-0.25, -0.2) is 32.7 Å². The molecule has 2 aromatic rings. The highest BCUT2D eigenvalue weighted by Gasteiger charge is 2.21. The number of amides is 1. The fourth-order valence-electron chi connectivity index (χ4n) is 2.04. The second-order valence-corrected chi connectivity index (χ2v) is 7.39. The van der Waals surface area contributed by atoms with Crippen LogP contribution in [0.1, 0.15) is 26.5 Å². The first-order valence-electron chi connectivity index (χ1n) is 7.91. The summed E-state index contributed by atoms with van der Waals surface area (Å²) in [4.78, 5) is 51.3. The van der Waals surface area contributed by atoms with E-state index in [9.17, 15) is 32.7 Å². The Hall–Kier alpha value is -3.91. The Kier molecular flexibility index (Phi) is 6.76. The molecule has 1 aromatic heterocycles. The first-order valence-corrected chi connectivity index (χ1v) is 9.39. The van der Waals surface area contributed by atoms with Gasteiger partial charge < -0.3 is 25.4 Å². The molecule has 0 saturated heterocycles. The van der Waals surface area contributed by atoms with Gasteiger partial charge in [0.2, 0.25) is 10.0 Å². The number of hydrogen-bond acceptors (Lipinski definition) is 9. The molecule has 5 N–H and O–H groups in total. The number of carboxylic acid groups (broad SMARTS) is 2. The monoisotopic (exact) mass is 438 g/mol. The minimum Gasteiger partial charge on any atom is -0.507 e. The maximum Gasteiger partial charge on any atom is 0.339 e. The molecule has 0 saturated carbocycles. The molecule has 158 valence electrons. The molecule has 0 aliphatic heterocycles. The third-order valence-corrected chi connectivity index (χ3v) is 4.98. The number of aromatic nitrogens is 2. The van der Waals surface area contributed by atoms with Gasteiger partial charge in [-0.2, -0.15) is 0 Å². The van der Waals surface area contributed by atoms with Crippen LogP contribution >= 0.6 is 0 Å². The van der Waals surface area contributed by atoms with Gasteiger partial charge in [-0.05, 0) is 18.2 Å². The molecular formula is C16H14N4O9S. The topological polar surface area (TPSA) is 213 Å². The average Bonchev–Trinajstić information content (AvgIpc) is 2.70. The summed E-state index contributed by atoms with van der Waals surface area (Å²) in [6.07, 6.45) is 2.03. The van der Waals surface area contributed by atoms with E-state index in [1.54, 1.807) is 0 Å². The minimum atomic E-state index is -4.17. The van der Waals surface area contributed by atoms with Crippen molar-refractivity contribution in [3.63, 3.8) is 0 Å². The van der Waals surface area contributed by atoms with Crippen molar-refractivity contribution in [1.29, 1.82) is 0 Å². The second-order valence-electron chi connectivity index (χ2n) is 5.62. The number of carboxylic acids is 2. The largest absolute Gasteiger partial charge is 0.507 e. The van der Waals surface area contributed by atoms with Crippen LogP contribution in [0.4, 0.5) is 0 Å². The van der Waals surface area contributed by atoms with Crippen molar-refractivity contribution in [2.24, 2.45) is 0 Å². The Morgan fingerprint density at radius 2 is 1.77 bits per heavy atom. The summed E-state index contributed by atoms with van der Waals surface area (Å²) >= 11 is 0. The number of rotatable bonds is 9. The molecular weight excluding hydrogens is 424 g/mol. The predicted molar refractivity (Wildman–Crippen MR) is 96.1 cm³/mol. The molecule has 0 radical (unpaired) electrons. The number of sulfonamides is 1. The number of phenols is 1. The van der Waals surface area contributed by atoms with Gasteiger partial charge in [0, 0.05) is 12.4 Å². The van der Waals surface area contributed by atoms with Crippen molar-refractivity contribution in [2.75, 3.05) is 0 Å². The quantitative estimate of drug-likeness (QED) is 0.230. The first-order chi connectivity index (χ1) is 14.0. The van der Waals surface area contributed by atoms with E-state index in [0.717, 1.165) is 30.6 Å². The number of benzene rings is 1. The zero-order valence-electron chi connectivity index (χ0n) is 14.8. The summed E-state index contributed by atoms with van der Waals surface area (Å²) < 4.78 is 26.7. The van der Waals surface area contributed by atoms with Crippen LogP contribution in [0.5, 0.6) is 5.75 Å². The third-order valence-electron chi connectivity index (χ3n) is 3.59. The molecule has 30 heavy (non-hydrogen) atoms. The summed E-state index contributed by atoms with van der Waals surface area (Å²) in [7, 11) is -4.17. The van der Waals surface area contributed by atoms with E-state index in [-0.39, 0.29) is 17.7 Å². The summed E-state index contributed by atoms with van der Waals surface area (Å²) in [6.45, 7) is -0.417. The van der Waals surface area contributed by atoms with Crippen LogP contribution in [0.2, 0.25) is 0 Å². The highest BCUT2D eigenvalue weighted by molar-refractivity contribution is 7.89. The van der Waals surface area contributed by atoms with Crippen LogP contribution in [0.3, 0.4) is 0 Å². The van der Waals surface area contributed by atoms with Gasteiger partial charge in [0.05, 0.1) is 17.0 Å². The van der Waals surface area contributed by atoms with Gasteiger partial charge in [-0.1, -0.05) is 0 Å². The van der Waals surface area contributed by atoms with Gasteiger partial charge >= 0.3 is 11.9 Å². The third kappa shape index (κ3) is 5.33. The molecule has 0 bridgehead atoms. The molecule has 1 amide bonds. The number of aromatic carboxylic acids is 1. The van der Waals surface area contributed by atoms with Crippen molar-refractivity contribution in [1.82, 2.24) is 20.0 Å². The zero-order chi connectivity index (χ0) is 22.5. The van der Waals surface area contributed by atoms with E-state index < -0.39 is 56.7 Å². The highest BCUT2D eigenvalue weighted by atomic mass is 32.2. The maximum atomic E-state index is 12.3. The van der Waals surface area contributed by atoms with Gasteiger partial charge in [-0.3, -0.25) is 4.79 Å². The van der Waals surface area contributed by atoms with Crippen molar-refractivity contribution in [3.8, 4) is 5.75 Å². The van der Waals surface area contributed by atoms with E-state index in [4.69, 9.17) is 10.2 Å². The van der Waals surface area contributed by atoms with Crippen molar-refractivity contribution >= 4 is 34.2 Å². The number of aromatic hydroxyl groups is 1. The standard InChI is InChI=1S/C16H14N4O9S/c21-7-11(16(26)27)20-14(23)8-4-17-13(18-5-8)6-19-30(28,29)9-1-2-12(22)10(3-9)15(24)25/h1-5,7,11,19,22H,6H2,(H,20,23)(H,24,25)(H,26,27)/t11-/m1/s1. The normalized spacial score (nSPS) is 12.0. The molecule has 14 heteroatoms. The van der Waals surface area contributed by atoms with E-state index >= 15 is 0 Å². The lowest BCUT2D eigenvalue weighted by molar-refractivity contribution is -0.140. The molecule has 13 nitrogen and oxygen atoms in total. The van der Waals surface area contributed by atoms with Crippen molar-refractivity contribution in [2.45, 2.75) is 17.5 Å². The number of aliphatic carboxylic acids is 1. The van der Waals surface area contributed by atoms with Crippen LogP contribution in [-0.2, 0) is 26.2 Å². The minimum absolute atomic E-state index is 0.0311. The molecule has 0 fully saturated rings. The maximum absolute atomic E-state index is 12.3. The summed E-state index contributed by atoms with van der Waals surface area (Å²) in [5.74, 6) is -4.64. The number of nitrogens with zero attached hydrogens (tertiary/aromatic N) is 2. The van der Waals surface area contributed by atoms with Crippen LogP contribution < -0.4 is 10.0 Å². The fourth-order valence-corrected chi connectivity index (χ4v) is 3.04. The molecule has 1 aromatic carbocycles. The van der Waals surface area contributed by atoms with Gasteiger partial charge in [0.1, 0.15) is 17.1 Å². The molecule has 0 unspecified atom stereocenters. The van der Waals surface area contributed by atoms with Gasteiger partial charge in [-0.15, -0.1) is 0 Å². The molecule has 2 rings (SSSR count). The van der Waals surface area contributed by atoms with Crippen LogP contribution in [-0.4, -0.2) is 63.9 Å². The smallest absolute Gasteiger partial charge is 0.339 e. The van der Waals surface area contributed by atoms with Crippen molar-refractivity contribution < 1.29 is 42.9 Å². The Balaban J connectivity index is 2.08. The number of hydrogen-bond donors (Lipinski definition) is 5. The van der Waals surface area contributed by atoms with E-state index in [0.29, 0.717) is 0 Å². The molecule has 0 spiro atoms. The van der Waals surface area contributed by atoms with E-state index in [2.05, 4.69) is 14.7 Å². The lowest BCUT2D eigenvalue weighted by Crippen LogP contribution is -2.42. The van der Waals surface area contributed by atoms with Gasteiger partial charge in [0.25, 0.3) is 5.91 Å². The van der Waals surface area contributed by atoms with Crippen LogP contribution in [0.25, 0.3) is 0 Å². The number of carbonyl (C=O) groups excluding carboxylic acids is 2. The Labute approximate surface area is 168 Å². The zero-order valence-corrected chi connectivity index (χ0v) is 15.7. The lowest BCUT2D eigenvalue weighted by atomic mass is 10.2. The van der Waals surface area contributed by atoms with E-state index in [1.165, 1.54) is 0 Å². The lowest BCUT2D eigenvalue weighted by Gasteiger charge is -2.09. The molecule has 0 aliphatic rings. The SMILES string of the molecule is O=C[C@@H](NC(=O)c1cnc(CNS(=O)(=O)c2ccc(O)c(C(=O)O)c2)nc1)C(=O)O. The first kappa shape index (κ1) is 22.4. The van der Waals surface area contributed by atoms with E-state index in [1.807, 2.05) is 5.32 Å². The van der Waals surface area contributed by atoms with Crippen LogP contribution in [0.15, 0.2) is 35.5 Å². The summed E-state index contributed by atoms with van der Waals surface area (Å²) in [5, 5.41) is 29.1. The predicted octanol–water partition coefficient (Wildman–Crippen LogP) is -1.26. The fraction of sp³-hybridized carbons (Fsp3) is 0.125. The Morgan fingerprint density at radius 1 is 1.13 bits per heavy atom. The molecule has 1 atom stereocenters. The Bertz CT molecular complexity index is 1100. The molecule has 0 aliphatic carbocycles. The number of aldehydes is 1. The summed E-state index contributed by atoms with van der Waals surface area (Å²) in [6, 6.07) is 0.959. The van der Waals surface area contributed by atoms with Crippen molar-refractivity contribution in [3.05, 3.63) is 47.5 Å². The second kappa shape index (κ2) is 9.06. The highest BCUT2D eigenvalue weighted by Crippen LogP contribution is 2.21. The summed E-state index contributed by atoms with van der Waals surface area (Å²) in [5.41, 5.74) is -0.765. The van der Waals surface area contributed by atoms with Gasteiger partial charge in [0.15, 0.2) is 12.3 Å². The average molecular weight is 438 g/mol. The number of carbonyl (C=O) groups is 4. The number of nitrogens with one attached hydrogen (secondary N) is 2. The van der Waals surface area contributed by atoms with Crippen LogP contribution in [0, 0.1) is 0 Å².